The van der Waals surface area contributed by atoms with Crippen molar-refractivity contribution in [1.29, 1.82) is 0 Å². The maximum atomic E-state index is 12.9. The molecular weight excluding hydrogens is 354 g/mol. The monoisotopic (exact) mass is 385 g/mol. The minimum atomic E-state index is -3.19. The third-order valence-corrected chi connectivity index (χ3v) is 7.37. The van der Waals surface area contributed by atoms with E-state index in [9.17, 15) is 18.0 Å². The van der Waals surface area contributed by atoms with Gasteiger partial charge < -0.3 is 10.2 Å². The van der Waals surface area contributed by atoms with Crippen molar-refractivity contribution in [3.63, 3.8) is 0 Å². The number of carbonyl (C=O) groups excluding carboxylic acids is 2. The minimum Gasteiger partial charge on any atom is -0.352 e. The third kappa shape index (κ3) is 4.57. The molecule has 148 valence electrons. The van der Waals surface area contributed by atoms with Crippen molar-refractivity contribution in [2.75, 3.05) is 25.9 Å². The summed E-state index contributed by atoms with van der Waals surface area (Å²) >= 11 is 0. The predicted octanol–water partition coefficient (Wildman–Crippen LogP) is 1.10. The average Bonchev–Trinajstić information content (AvgIpc) is 3.11. The molecule has 0 aromatic carbocycles. The zero-order valence-electron chi connectivity index (χ0n) is 15.7. The normalized spacial score (nSPS) is 26.8. The predicted molar refractivity (Wildman–Crippen MR) is 98.9 cm³/mol. The number of sulfonamides is 1. The Balaban J connectivity index is 1.55. The van der Waals surface area contributed by atoms with Gasteiger partial charge in [-0.25, -0.2) is 12.7 Å². The van der Waals surface area contributed by atoms with Gasteiger partial charge in [0.1, 0.15) is 6.04 Å². The molecule has 2 heterocycles. The van der Waals surface area contributed by atoms with Gasteiger partial charge in [-0.1, -0.05) is 19.3 Å². The molecule has 3 rings (SSSR count). The molecule has 0 bridgehead atoms. The number of carbonyl (C=O) groups is 2. The summed E-state index contributed by atoms with van der Waals surface area (Å²) < 4.78 is 24.7. The molecule has 26 heavy (non-hydrogen) atoms. The van der Waals surface area contributed by atoms with Crippen LogP contribution in [0.15, 0.2) is 0 Å². The quantitative estimate of drug-likeness (QED) is 0.785. The number of hydrogen-bond donors (Lipinski definition) is 1. The highest BCUT2D eigenvalue weighted by atomic mass is 32.2. The van der Waals surface area contributed by atoms with Crippen LogP contribution in [-0.2, 0) is 19.6 Å². The number of amides is 2. The molecule has 1 atom stereocenters. The number of nitrogens with one attached hydrogen (secondary N) is 1. The lowest BCUT2D eigenvalue weighted by molar-refractivity contribution is -0.142. The first kappa shape index (κ1) is 19.6. The number of rotatable bonds is 4. The maximum absolute atomic E-state index is 12.9. The Morgan fingerprint density at radius 3 is 2.15 bits per heavy atom. The molecule has 1 saturated carbocycles. The number of likely N-dealkylation sites (tertiary alicyclic amines) is 1. The lowest BCUT2D eigenvalue weighted by Gasteiger charge is -2.34. The standard InChI is InChI=1S/C18H31N3O4S/c1-26(24,25)20-12-9-14(10-13-20)18(23)21-11-5-8-16(21)17(22)19-15-6-3-2-4-7-15/h14-16H,2-13H2,1H3,(H,19,22)/t16-/m1/s1. The van der Waals surface area contributed by atoms with E-state index >= 15 is 0 Å². The molecule has 1 N–H and O–H groups in total. The minimum absolute atomic E-state index is 0.00341. The summed E-state index contributed by atoms with van der Waals surface area (Å²) in [6, 6.07) is -0.0934. The van der Waals surface area contributed by atoms with Gasteiger partial charge in [-0.05, 0) is 38.5 Å². The fraction of sp³-hybridized carbons (Fsp3) is 0.889. The first-order chi connectivity index (χ1) is 12.4. The van der Waals surface area contributed by atoms with E-state index in [2.05, 4.69) is 5.32 Å². The Bertz CT molecular complexity index is 622. The second-order valence-electron chi connectivity index (χ2n) is 7.97. The number of piperidine rings is 1. The molecule has 0 spiro atoms. The third-order valence-electron chi connectivity index (χ3n) is 6.06. The summed E-state index contributed by atoms with van der Waals surface area (Å²) in [5.41, 5.74) is 0. The zero-order chi connectivity index (χ0) is 18.7. The van der Waals surface area contributed by atoms with Gasteiger partial charge in [0.2, 0.25) is 21.8 Å². The van der Waals surface area contributed by atoms with Crippen LogP contribution in [0.25, 0.3) is 0 Å². The van der Waals surface area contributed by atoms with E-state index in [1.165, 1.54) is 17.0 Å². The van der Waals surface area contributed by atoms with E-state index in [0.29, 0.717) is 32.5 Å². The SMILES string of the molecule is CS(=O)(=O)N1CCC(C(=O)N2CCC[C@@H]2C(=O)NC2CCCCC2)CC1. The van der Waals surface area contributed by atoms with Crippen molar-refractivity contribution in [2.45, 2.75) is 69.9 Å². The van der Waals surface area contributed by atoms with Gasteiger partial charge >= 0.3 is 0 Å². The molecule has 2 amide bonds. The summed E-state index contributed by atoms with van der Waals surface area (Å²) in [4.78, 5) is 27.4. The summed E-state index contributed by atoms with van der Waals surface area (Å²) in [5, 5.41) is 3.16. The van der Waals surface area contributed by atoms with Gasteiger partial charge in [0.15, 0.2) is 0 Å². The first-order valence-electron chi connectivity index (χ1n) is 9.92. The summed E-state index contributed by atoms with van der Waals surface area (Å²) in [7, 11) is -3.19. The van der Waals surface area contributed by atoms with Crippen LogP contribution in [0.4, 0.5) is 0 Å². The average molecular weight is 386 g/mol. The molecule has 0 aromatic rings. The Kier molecular flexibility index (Phi) is 6.22. The molecule has 1 aliphatic carbocycles. The molecule has 2 aliphatic heterocycles. The smallest absolute Gasteiger partial charge is 0.243 e. The number of nitrogens with zero attached hydrogens (tertiary/aromatic N) is 2. The molecule has 0 unspecified atom stereocenters. The second-order valence-corrected chi connectivity index (χ2v) is 9.95. The van der Waals surface area contributed by atoms with E-state index in [0.717, 1.165) is 38.5 Å². The molecule has 8 heteroatoms. The van der Waals surface area contributed by atoms with Gasteiger partial charge in [-0.2, -0.15) is 0 Å². The van der Waals surface area contributed by atoms with Crippen molar-refractivity contribution in [1.82, 2.24) is 14.5 Å². The summed E-state index contributed by atoms with van der Waals surface area (Å²) in [6.07, 6.45) is 9.52. The van der Waals surface area contributed by atoms with Gasteiger partial charge in [-0.3, -0.25) is 9.59 Å². The fourth-order valence-electron chi connectivity index (χ4n) is 4.52. The van der Waals surface area contributed by atoms with Crippen LogP contribution < -0.4 is 5.32 Å². The molecule has 0 radical (unpaired) electrons. The van der Waals surface area contributed by atoms with Crippen LogP contribution in [0.5, 0.6) is 0 Å². The van der Waals surface area contributed by atoms with E-state index in [1.54, 1.807) is 4.90 Å². The molecule has 0 aromatic heterocycles. The van der Waals surface area contributed by atoms with Crippen molar-refractivity contribution < 1.29 is 18.0 Å². The maximum Gasteiger partial charge on any atom is 0.243 e. The largest absolute Gasteiger partial charge is 0.352 e. The van der Waals surface area contributed by atoms with Crippen molar-refractivity contribution >= 4 is 21.8 Å². The molecule has 3 fully saturated rings. The highest BCUT2D eigenvalue weighted by Crippen LogP contribution is 2.27. The Labute approximate surface area is 156 Å². The zero-order valence-corrected chi connectivity index (χ0v) is 16.5. The lowest BCUT2D eigenvalue weighted by atomic mass is 9.94. The Hall–Kier alpha value is -1.15. The van der Waals surface area contributed by atoms with Crippen LogP contribution in [-0.4, -0.2) is 67.4 Å². The van der Waals surface area contributed by atoms with Crippen molar-refractivity contribution in [3.8, 4) is 0 Å². The first-order valence-corrected chi connectivity index (χ1v) is 11.8. The molecular formula is C18H31N3O4S. The van der Waals surface area contributed by atoms with Crippen molar-refractivity contribution in [3.05, 3.63) is 0 Å². The molecule has 2 saturated heterocycles. The molecule has 3 aliphatic rings. The van der Waals surface area contributed by atoms with Gasteiger partial charge in [0.05, 0.1) is 6.26 Å². The Morgan fingerprint density at radius 2 is 1.54 bits per heavy atom. The highest BCUT2D eigenvalue weighted by molar-refractivity contribution is 7.88. The van der Waals surface area contributed by atoms with E-state index in [1.807, 2.05) is 0 Å². The fourth-order valence-corrected chi connectivity index (χ4v) is 5.39. The highest BCUT2D eigenvalue weighted by Gasteiger charge is 2.39. The van der Waals surface area contributed by atoms with Crippen LogP contribution in [0.2, 0.25) is 0 Å². The van der Waals surface area contributed by atoms with Crippen LogP contribution in [0.3, 0.4) is 0 Å². The van der Waals surface area contributed by atoms with E-state index < -0.39 is 10.0 Å². The number of hydrogen-bond acceptors (Lipinski definition) is 4. The van der Waals surface area contributed by atoms with E-state index in [-0.39, 0.29) is 29.8 Å². The summed E-state index contributed by atoms with van der Waals surface area (Å²) in [5.74, 6) is -0.146. The second kappa shape index (κ2) is 8.25. The lowest BCUT2D eigenvalue weighted by Crippen LogP contribution is -2.51. The van der Waals surface area contributed by atoms with Crippen LogP contribution in [0, 0.1) is 5.92 Å². The van der Waals surface area contributed by atoms with E-state index in [4.69, 9.17) is 0 Å². The van der Waals surface area contributed by atoms with Crippen LogP contribution >= 0.6 is 0 Å². The summed E-state index contributed by atoms with van der Waals surface area (Å²) in [6.45, 7) is 1.41. The van der Waals surface area contributed by atoms with Crippen molar-refractivity contribution in [2.24, 2.45) is 5.92 Å². The Morgan fingerprint density at radius 1 is 0.885 bits per heavy atom. The van der Waals surface area contributed by atoms with Crippen LogP contribution in [0.1, 0.15) is 57.8 Å². The van der Waals surface area contributed by atoms with Gasteiger partial charge in [-0.15, -0.1) is 0 Å². The topological polar surface area (TPSA) is 86.8 Å². The van der Waals surface area contributed by atoms with Gasteiger partial charge in [0, 0.05) is 31.6 Å². The molecule has 7 nitrogen and oxygen atoms in total. The van der Waals surface area contributed by atoms with Gasteiger partial charge in [0.25, 0.3) is 0 Å².